The first-order valence-corrected chi connectivity index (χ1v) is 6.74. The fourth-order valence-electron chi connectivity index (χ4n) is 3.20. The van der Waals surface area contributed by atoms with Gasteiger partial charge in [0.2, 0.25) is 0 Å². The molecule has 0 amide bonds. The van der Waals surface area contributed by atoms with Gasteiger partial charge in [-0.05, 0) is 49.8 Å². The Bertz CT molecular complexity index is 450. The molecule has 0 radical (unpaired) electrons. The van der Waals surface area contributed by atoms with Gasteiger partial charge in [0.15, 0.2) is 0 Å². The maximum absolute atomic E-state index is 13.2. The molecular weight excluding hydrogens is 231 g/mol. The lowest BCUT2D eigenvalue weighted by molar-refractivity contribution is -0.0456. The van der Waals surface area contributed by atoms with Crippen molar-refractivity contribution in [1.29, 1.82) is 0 Å². The summed E-state index contributed by atoms with van der Waals surface area (Å²) in [6.45, 7) is 2.26. The summed E-state index contributed by atoms with van der Waals surface area (Å²) < 4.78 is 19.3. The number of halogens is 1. The molecule has 0 bridgehead atoms. The van der Waals surface area contributed by atoms with Crippen molar-refractivity contribution < 1.29 is 14.2 Å². The van der Waals surface area contributed by atoms with E-state index in [0.29, 0.717) is 17.7 Å². The van der Waals surface area contributed by atoms with E-state index in [0.717, 1.165) is 31.6 Å². The number of ether oxygens (including phenoxy) is 1. The van der Waals surface area contributed by atoms with E-state index in [-0.39, 0.29) is 11.4 Å². The molecule has 1 saturated carbocycles. The number of rotatable bonds is 0. The lowest BCUT2D eigenvalue weighted by Gasteiger charge is -2.44. The summed E-state index contributed by atoms with van der Waals surface area (Å²) in [4.78, 5) is 0. The van der Waals surface area contributed by atoms with Gasteiger partial charge in [-0.1, -0.05) is 6.92 Å². The van der Waals surface area contributed by atoms with E-state index in [1.807, 2.05) is 0 Å². The van der Waals surface area contributed by atoms with E-state index in [2.05, 4.69) is 6.92 Å². The van der Waals surface area contributed by atoms with E-state index in [1.54, 1.807) is 6.07 Å². The van der Waals surface area contributed by atoms with Crippen LogP contribution >= 0.6 is 0 Å². The minimum Gasteiger partial charge on any atom is -0.487 e. The van der Waals surface area contributed by atoms with Gasteiger partial charge in [-0.25, -0.2) is 4.39 Å². The van der Waals surface area contributed by atoms with Crippen LogP contribution in [0.25, 0.3) is 0 Å². The molecule has 1 spiro atoms. The molecule has 2 nitrogen and oxygen atoms in total. The summed E-state index contributed by atoms with van der Waals surface area (Å²) in [6.07, 6.45) is 4.25. The van der Waals surface area contributed by atoms with Crippen LogP contribution in [0.5, 0.6) is 5.75 Å². The normalized spacial score (nSPS) is 35.1. The van der Waals surface area contributed by atoms with Gasteiger partial charge in [0.05, 0.1) is 6.10 Å². The van der Waals surface area contributed by atoms with Crippen LogP contribution in [-0.2, 0) is 0 Å². The molecule has 1 aliphatic heterocycles. The Hall–Kier alpha value is -1.09. The predicted octanol–water partition coefficient (Wildman–Crippen LogP) is 3.59. The second kappa shape index (κ2) is 4.23. The quantitative estimate of drug-likeness (QED) is 0.762. The van der Waals surface area contributed by atoms with Gasteiger partial charge in [-0.3, -0.25) is 0 Å². The minimum absolute atomic E-state index is 0.225. The molecule has 1 unspecified atom stereocenters. The van der Waals surface area contributed by atoms with Gasteiger partial charge in [0.1, 0.15) is 17.2 Å². The fraction of sp³-hybridized carbons (Fsp3) is 0.600. The van der Waals surface area contributed by atoms with Crippen LogP contribution < -0.4 is 4.74 Å². The van der Waals surface area contributed by atoms with E-state index < -0.39 is 6.10 Å². The van der Waals surface area contributed by atoms with Crippen LogP contribution in [0.1, 0.15) is 50.7 Å². The van der Waals surface area contributed by atoms with Gasteiger partial charge >= 0.3 is 0 Å². The summed E-state index contributed by atoms with van der Waals surface area (Å²) in [5.74, 6) is 1.08. The highest BCUT2D eigenvalue weighted by molar-refractivity contribution is 5.38. The number of aliphatic hydroxyl groups is 1. The Balaban J connectivity index is 1.89. The summed E-state index contributed by atoms with van der Waals surface area (Å²) in [5, 5.41) is 10.2. The first-order chi connectivity index (χ1) is 8.58. The summed E-state index contributed by atoms with van der Waals surface area (Å²) in [6, 6.07) is 4.43. The first-order valence-electron chi connectivity index (χ1n) is 6.74. The fourth-order valence-corrected chi connectivity index (χ4v) is 3.20. The average Bonchev–Trinajstić information content (AvgIpc) is 2.35. The number of hydrogen-bond acceptors (Lipinski definition) is 2. The molecule has 1 aliphatic carbocycles. The largest absolute Gasteiger partial charge is 0.487 e. The van der Waals surface area contributed by atoms with Crippen molar-refractivity contribution >= 4 is 0 Å². The third-order valence-corrected chi connectivity index (χ3v) is 4.41. The van der Waals surface area contributed by atoms with E-state index >= 15 is 0 Å². The Labute approximate surface area is 107 Å². The highest BCUT2D eigenvalue weighted by Crippen LogP contribution is 2.47. The molecule has 0 aromatic heterocycles. The van der Waals surface area contributed by atoms with Crippen LogP contribution in [0, 0.1) is 11.7 Å². The molecule has 1 atom stereocenters. The maximum Gasteiger partial charge on any atom is 0.126 e. The Kier molecular flexibility index (Phi) is 2.81. The second-order valence-electron chi connectivity index (χ2n) is 5.87. The number of benzene rings is 1. The second-order valence-corrected chi connectivity index (χ2v) is 5.87. The minimum atomic E-state index is -0.599. The zero-order valence-corrected chi connectivity index (χ0v) is 10.7. The molecule has 1 fully saturated rings. The smallest absolute Gasteiger partial charge is 0.126 e. The zero-order valence-electron chi connectivity index (χ0n) is 10.7. The van der Waals surface area contributed by atoms with Crippen LogP contribution in [0.4, 0.5) is 4.39 Å². The molecule has 18 heavy (non-hydrogen) atoms. The Morgan fingerprint density at radius 2 is 2.06 bits per heavy atom. The van der Waals surface area contributed by atoms with Crippen molar-refractivity contribution in [2.75, 3.05) is 0 Å². The topological polar surface area (TPSA) is 29.5 Å². The van der Waals surface area contributed by atoms with E-state index in [4.69, 9.17) is 4.74 Å². The van der Waals surface area contributed by atoms with Gasteiger partial charge in [-0.15, -0.1) is 0 Å². The van der Waals surface area contributed by atoms with Crippen LogP contribution in [0.3, 0.4) is 0 Å². The van der Waals surface area contributed by atoms with Crippen molar-refractivity contribution in [3.8, 4) is 5.75 Å². The van der Waals surface area contributed by atoms with Crippen molar-refractivity contribution in [2.45, 2.75) is 50.7 Å². The summed E-state index contributed by atoms with van der Waals surface area (Å²) in [7, 11) is 0. The Morgan fingerprint density at radius 1 is 1.33 bits per heavy atom. The van der Waals surface area contributed by atoms with Gasteiger partial charge in [0.25, 0.3) is 0 Å². The molecule has 3 heteroatoms. The van der Waals surface area contributed by atoms with Crippen molar-refractivity contribution in [3.63, 3.8) is 0 Å². The van der Waals surface area contributed by atoms with Crippen molar-refractivity contribution in [3.05, 3.63) is 29.6 Å². The number of fused-ring (bicyclic) bond motifs is 1. The van der Waals surface area contributed by atoms with Crippen molar-refractivity contribution in [1.82, 2.24) is 0 Å². The highest BCUT2D eigenvalue weighted by atomic mass is 19.1. The molecule has 98 valence electrons. The molecule has 2 aliphatic rings. The molecule has 0 saturated heterocycles. The molecule has 1 heterocycles. The standard InChI is InChI=1S/C15H19FO2/c1-10-4-6-15(7-5-10)9-13(17)12-8-11(16)2-3-14(12)18-15/h2-3,8,10,13,17H,4-7,9H2,1H3. The molecule has 1 aromatic carbocycles. The molecule has 3 rings (SSSR count). The summed E-state index contributed by atoms with van der Waals surface area (Å²) >= 11 is 0. The lowest BCUT2D eigenvalue weighted by Crippen LogP contribution is -2.43. The monoisotopic (exact) mass is 250 g/mol. The third-order valence-electron chi connectivity index (χ3n) is 4.41. The SMILES string of the molecule is CC1CCC2(CC1)CC(O)c1cc(F)ccc1O2. The van der Waals surface area contributed by atoms with Gasteiger partial charge in [-0.2, -0.15) is 0 Å². The Morgan fingerprint density at radius 3 is 2.78 bits per heavy atom. The van der Waals surface area contributed by atoms with Gasteiger partial charge in [0, 0.05) is 12.0 Å². The van der Waals surface area contributed by atoms with Crippen LogP contribution in [0.2, 0.25) is 0 Å². The molecule has 1 N–H and O–H groups in total. The predicted molar refractivity (Wildman–Crippen MR) is 67.0 cm³/mol. The van der Waals surface area contributed by atoms with Crippen molar-refractivity contribution in [2.24, 2.45) is 5.92 Å². The molecular formula is C15H19FO2. The van der Waals surface area contributed by atoms with Gasteiger partial charge < -0.3 is 9.84 Å². The lowest BCUT2D eigenvalue weighted by atomic mass is 9.74. The zero-order chi connectivity index (χ0) is 12.8. The first kappa shape index (κ1) is 12.0. The van der Waals surface area contributed by atoms with Crippen LogP contribution in [0.15, 0.2) is 18.2 Å². The van der Waals surface area contributed by atoms with E-state index in [1.165, 1.54) is 12.1 Å². The third kappa shape index (κ3) is 2.01. The van der Waals surface area contributed by atoms with Crippen LogP contribution in [-0.4, -0.2) is 10.7 Å². The van der Waals surface area contributed by atoms with E-state index in [9.17, 15) is 9.50 Å². The number of aliphatic hydroxyl groups excluding tert-OH is 1. The highest BCUT2D eigenvalue weighted by Gasteiger charge is 2.42. The summed E-state index contributed by atoms with van der Waals surface area (Å²) in [5.41, 5.74) is 0.371. The number of hydrogen-bond donors (Lipinski definition) is 1. The maximum atomic E-state index is 13.2. The average molecular weight is 250 g/mol. The molecule has 1 aromatic rings.